The molecule has 17 heavy (non-hydrogen) atoms. The highest BCUT2D eigenvalue weighted by atomic mass is 15.3. The zero-order valence-electron chi connectivity index (χ0n) is 10.9. The number of nitrogens with one attached hydrogen (secondary N) is 1. The first-order valence-corrected chi connectivity index (χ1v) is 6.65. The van der Waals surface area contributed by atoms with Crippen molar-refractivity contribution in [2.45, 2.75) is 45.1 Å². The fourth-order valence-electron chi connectivity index (χ4n) is 3.14. The minimum absolute atomic E-state index is 0.447. The van der Waals surface area contributed by atoms with Crippen LogP contribution in [0.5, 0.6) is 0 Å². The monoisotopic (exact) mass is 236 g/mol. The van der Waals surface area contributed by atoms with Crippen LogP contribution in [0.3, 0.4) is 0 Å². The van der Waals surface area contributed by atoms with Crippen molar-refractivity contribution in [2.75, 3.05) is 0 Å². The first-order chi connectivity index (χ1) is 8.22. The van der Waals surface area contributed by atoms with Crippen molar-refractivity contribution in [1.82, 2.24) is 15.2 Å². The van der Waals surface area contributed by atoms with Gasteiger partial charge < -0.3 is 0 Å². The van der Waals surface area contributed by atoms with Crippen LogP contribution in [0.1, 0.15) is 38.3 Å². The predicted octanol–water partition coefficient (Wildman–Crippen LogP) is 1.62. The summed E-state index contributed by atoms with van der Waals surface area (Å²) in [6, 6.07) is 2.54. The molecule has 0 radical (unpaired) electrons. The Balaban J connectivity index is 1.89. The van der Waals surface area contributed by atoms with Gasteiger partial charge in [-0.1, -0.05) is 19.8 Å². The Hall–Kier alpha value is -0.870. The molecule has 1 heterocycles. The van der Waals surface area contributed by atoms with Crippen LogP contribution in [0.4, 0.5) is 0 Å². The molecule has 4 nitrogen and oxygen atoms in total. The predicted molar refractivity (Wildman–Crippen MR) is 69.1 cm³/mol. The van der Waals surface area contributed by atoms with E-state index in [1.807, 2.05) is 17.9 Å². The molecule has 1 aliphatic rings. The Morgan fingerprint density at radius 3 is 2.94 bits per heavy atom. The average molecular weight is 236 g/mol. The van der Waals surface area contributed by atoms with Crippen LogP contribution < -0.4 is 11.3 Å². The number of hydrazine groups is 1. The average Bonchev–Trinajstić information content (AvgIpc) is 2.90. The van der Waals surface area contributed by atoms with Crippen molar-refractivity contribution < 1.29 is 0 Å². The fraction of sp³-hybridized carbons (Fsp3) is 0.769. The first kappa shape index (κ1) is 12.6. The molecule has 1 fully saturated rings. The maximum absolute atomic E-state index is 5.72. The molecule has 0 amide bonds. The standard InChI is InChI=1S/C13H24N4/c1-10-4-3-5-12(10)13(16-14)7-6-11-8-9-15-17(11)2/h8-10,12-13,16H,3-7,14H2,1-2H3. The number of hydrogen-bond donors (Lipinski definition) is 2. The molecule has 1 aromatic heterocycles. The SMILES string of the molecule is CC1CCCC1C(CCc1ccnn1C)NN. The molecular weight excluding hydrogens is 212 g/mol. The highest BCUT2D eigenvalue weighted by Gasteiger charge is 2.30. The van der Waals surface area contributed by atoms with E-state index in [1.54, 1.807) is 0 Å². The summed E-state index contributed by atoms with van der Waals surface area (Å²) in [5.41, 5.74) is 4.31. The van der Waals surface area contributed by atoms with Gasteiger partial charge in [0.15, 0.2) is 0 Å². The first-order valence-electron chi connectivity index (χ1n) is 6.65. The van der Waals surface area contributed by atoms with E-state index in [-0.39, 0.29) is 0 Å². The van der Waals surface area contributed by atoms with Crippen LogP contribution in [0, 0.1) is 11.8 Å². The second-order valence-electron chi connectivity index (χ2n) is 5.33. The molecule has 1 aromatic rings. The second kappa shape index (κ2) is 5.65. The van der Waals surface area contributed by atoms with Gasteiger partial charge in [-0.05, 0) is 37.2 Å². The molecule has 2 rings (SSSR count). The van der Waals surface area contributed by atoms with Crippen molar-refractivity contribution in [3.05, 3.63) is 18.0 Å². The van der Waals surface area contributed by atoms with E-state index in [1.165, 1.54) is 25.0 Å². The topological polar surface area (TPSA) is 55.9 Å². The van der Waals surface area contributed by atoms with Crippen molar-refractivity contribution in [2.24, 2.45) is 24.7 Å². The van der Waals surface area contributed by atoms with Gasteiger partial charge in [-0.15, -0.1) is 0 Å². The minimum Gasteiger partial charge on any atom is -0.273 e. The highest BCUT2D eigenvalue weighted by molar-refractivity contribution is 5.01. The smallest absolute Gasteiger partial charge is 0.0492 e. The molecule has 0 bridgehead atoms. The number of hydrogen-bond acceptors (Lipinski definition) is 3. The third-order valence-corrected chi connectivity index (χ3v) is 4.29. The van der Waals surface area contributed by atoms with E-state index in [9.17, 15) is 0 Å². The molecular formula is C13H24N4. The molecule has 0 aliphatic heterocycles. The zero-order chi connectivity index (χ0) is 12.3. The molecule has 0 spiro atoms. The minimum atomic E-state index is 0.447. The van der Waals surface area contributed by atoms with Crippen molar-refractivity contribution >= 4 is 0 Å². The third kappa shape index (κ3) is 2.87. The molecule has 1 saturated carbocycles. The number of aromatic nitrogens is 2. The molecule has 1 aliphatic carbocycles. The van der Waals surface area contributed by atoms with Crippen LogP contribution >= 0.6 is 0 Å². The van der Waals surface area contributed by atoms with Gasteiger partial charge in [0.05, 0.1) is 0 Å². The number of nitrogens with two attached hydrogens (primary N) is 1. The van der Waals surface area contributed by atoms with Crippen molar-refractivity contribution in [3.63, 3.8) is 0 Å². The van der Waals surface area contributed by atoms with Gasteiger partial charge in [-0.25, -0.2) is 0 Å². The number of nitrogens with zero attached hydrogens (tertiary/aromatic N) is 2. The lowest BCUT2D eigenvalue weighted by Crippen LogP contribution is -2.42. The van der Waals surface area contributed by atoms with Gasteiger partial charge in [0.1, 0.15) is 0 Å². The summed E-state index contributed by atoms with van der Waals surface area (Å²) < 4.78 is 1.95. The Bertz CT molecular complexity index is 347. The Labute approximate surface area is 104 Å². The molecule has 3 unspecified atom stereocenters. The lowest BCUT2D eigenvalue weighted by molar-refractivity contribution is 0.285. The summed E-state index contributed by atoms with van der Waals surface area (Å²) in [6.45, 7) is 2.35. The summed E-state index contributed by atoms with van der Waals surface area (Å²) in [6.07, 6.45) is 8.05. The molecule has 4 heteroatoms. The summed E-state index contributed by atoms with van der Waals surface area (Å²) in [5.74, 6) is 7.27. The molecule has 0 saturated heterocycles. The van der Waals surface area contributed by atoms with E-state index in [4.69, 9.17) is 5.84 Å². The van der Waals surface area contributed by atoms with Crippen molar-refractivity contribution in [1.29, 1.82) is 0 Å². The zero-order valence-corrected chi connectivity index (χ0v) is 10.9. The lowest BCUT2D eigenvalue weighted by atomic mass is 9.87. The number of rotatable bonds is 5. The van der Waals surface area contributed by atoms with Crippen LogP contribution in [0.15, 0.2) is 12.3 Å². The van der Waals surface area contributed by atoms with Gasteiger partial charge in [0, 0.05) is 25.0 Å². The van der Waals surface area contributed by atoms with Crippen molar-refractivity contribution in [3.8, 4) is 0 Å². The normalized spacial score (nSPS) is 26.3. The van der Waals surface area contributed by atoms with Crippen LogP contribution in [0.25, 0.3) is 0 Å². The van der Waals surface area contributed by atoms with Gasteiger partial charge in [0.25, 0.3) is 0 Å². The van der Waals surface area contributed by atoms with E-state index in [0.29, 0.717) is 6.04 Å². The fourth-order valence-corrected chi connectivity index (χ4v) is 3.14. The van der Waals surface area contributed by atoms with Gasteiger partial charge in [-0.3, -0.25) is 16.0 Å². The third-order valence-electron chi connectivity index (χ3n) is 4.29. The second-order valence-corrected chi connectivity index (χ2v) is 5.33. The van der Waals surface area contributed by atoms with Gasteiger partial charge >= 0.3 is 0 Å². The van der Waals surface area contributed by atoms with Gasteiger partial charge in [0.2, 0.25) is 0 Å². The number of aryl methyl sites for hydroxylation is 2. The Morgan fingerprint density at radius 1 is 1.59 bits per heavy atom. The maximum atomic E-state index is 5.72. The van der Waals surface area contributed by atoms with Crippen LogP contribution in [0.2, 0.25) is 0 Å². The summed E-state index contributed by atoms with van der Waals surface area (Å²) in [5, 5.41) is 4.20. The van der Waals surface area contributed by atoms with Crippen LogP contribution in [-0.2, 0) is 13.5 Å². The highest BCUT2D eigenvalue weighted by Crippen LogP contribution is 2.34. The van der Waals surface area contributed by atoms with E-state index in [2.05, 4.69) is 23.5 Å². The van der Waals surface area contributed by atoms with Crippen LogP contribution in [-0.4, -0.2) is 15.8 Å². The summed E-state index contributed by atoms with van der Waals surface area (Å²) >= 11 is 0. The van der Waals surface area contributed by atoms with E-state index < -0.39 is 0 Å². The quantitative estimate of drug-likeness (QED) is 0.603. The molecule has 3 N–H and O–H groups in total. The molecule has 96 valence electrons. The lowest BCUT2D eigenvalue weighted by Gasteiger charge is -2.26. The Morgan fingerprint density at radius 2 is 2.41 bits per heavy atom. The van der Waals surface area contributed by atoms with E-state index in [0.717, 1.165) is 24.7 Å². The van der Waals surface area contributed by atoms with Gasteiger partial charge in [-0.2, -0.15) is 5.10 Å². The largest absolute Gasteiger partial charge is 0.273 e. The molecule has 3 atom stereocenters. The summed E-state index contributed by atoms with van der Waals surface area (Å²) in [7, 11) is 2.00. The van der Waals surface area contributed by atoms with E-state index >= 15 is 0 Å². The molecule has 0 aromatic carbocycles. The Kier molecular flexibility index (Phi) is 4.18. The summed E-state index contributed by atoms with van der Waals surface area (Å²) in [4.78, 5) is 0. The maximum Gasteiger partial charge on any atom is 0.0492 e.